The van der Waals surface area contributed by atoms with Gasteiger partial charge in [0.1, 0.15) is 5.25 Å². The SMILES string of the molecule is CC(C)(C)CC(=O)Nc1cccc(SC(C(=O)Nc2cccc(Cl)c2Cl)c2ccccc2)c1. The first-order chi connectivity index (χ1) is 15.6. The van der Waals surface area contributed by atoms with Crippen molar-refractivity contribution in [1.82, 2.24) is 0 Å². The largest absolute Gasteiger partial charge is 0.326 e. The molecule has 0 aliphatic rings. The molecule has 0 aliphatic carbocycles. The summed E-state index contributed by atoms with van der Waals surface area (Å²) >= 11 is 13.8. The van der Waals surface area contributed by atoms with Crippen LogP contribution in [0, 0.1) is 5.41 Å². The lowest BCUT2D eigenvalue weighted by molar-refractivity contribution is -0.118. The summed E-state index contributed by atoms with van der Waals surface area (Å²) in [5.41, 5.74) is 1.90. The number of rotatable bonds is 7. The predicted octanol–water partition coefficient (Wildman–Crippen LogP) is 7.84. The van der Waals surface area contributed by atoms with Crippen LogP contribution in [0.1, 0.15) is 38.0 Å². The van der Waals surface area contributed by atoms with Crippen molar-refractivity contribution in [1.29, 1.82) is 0 Å². The Labute approximate surface area is 209 Å². The maximum absolute atomic E-state index is 13.3. The van der Waals surface area contributed by atoms with E-state index in [9.17, 15) is 9.59 Å². The molecule has 4 nitrogen and oxygen atoms in total. The molecule has 0 radical (unpaired) electrons. The van der Waals surface area contributed by atoms with Gasteiger partial charge in [-0.3, -0.25) is 9.59 Å². The highest BCUT2D eigenvalue weighted by Crippen LogP contribution is 2.38. The Balaban J connectivity index is 1.82. The number of hydrogen-bond acceptors (Lipinski definition) is 3. The quantitative estimate of drug-likeness (QED) is 0.324. The van der Waals surface area contributed by atoms with E-state index in [2.05, 4.69) is 10.6 Å². The molecule has 1 unspecified atom stereocenters. The number of nitrogens with one attached hydrogen (secondary N) is 2. The Kier molecular flexibility index (Phi) is 8.46. The Morgan fingerprint density at radius 3 is 2.30 bits per heavy atom. The van der Waals surface area contributed by atoms with Crippen LogP contribution in [0.4, 0.5) is 11.4 Å². The zero-order chi connectivity index (χ0) is 24.0. The van der Waals surface area contributed by atoms with E-state index < -0.39 is 5.25 Å². The minimum atomic E-state index is -0.540. The van der Waals surface area contributed by atoms with E-state index in [1.54, 1.807) is 18.2 Å². The van der Waals surface area contributed by atoms with Gasteiger partial charge in [0.25, 0.3) is 0 Å². The van der Waals surface area contributed by atoms with Crippen molar-refractivity contribution in [2.24, 2.45) is 5.41 Å². The molecule has 0 saturated heterocycles. The molecule has 3 aromatic rings. The number of thioether (sulfide) groups is 1. The monoisotopic (exact) mass is 500 g/mol. The number of amides is 2. The lowest BCUT2D eigenvalue weighted by Gasteiger charge is -2.19. The fraction of sp³-hybridized carbons (Fsp3) is 0.231. The van der Waals surface area contributed by atoms with E-state index in [0.717, 1.165) is 10.5 Å². The predicted molar refractivity (Wildman–Crippen MR) is 139 cm³/mol. The third-order valence-corrected chi connectivity index (χ3v) is 6.68. The van der Waals surface area contributed by atoms with Gasteiger partial charge in [-0.05, 0) is 41.3 Å². The molecular formula is C26H26Cl2N2O2S. The van der Waals surface area contributed by atoms with Crippen LogP contribution >= 0.6 is 35.0 Å². The summed E-state index contributed by atoms with van der Waals surface area (Å²) in [7, 11) is 0. The van der Waals surface area contributed by atoms with Gasteiger partial charge in [-0.2, -0.15) is 0 Å². The maximum atomic E-state index is 13.3. The topological polar surface area (TPSA) is 58.2 Å². The molecule has 0 aromatic heterocycles. The van der Waals surface area contributed by atoms with E-state index in [-0.39, 0.29) is 17.2 Å². The van der Waals surface area contributed by atoms with Gasteiger partial charge >= 0.3 is 0 Å². The van der Waals surface area contributed by atoms with Gasteiger partial charge in [-0.25, -0.2) is 0 Å². The van der Waals surface area contributed by atoms with Crippen molar-refractivity contribution >= 4 is 58.2 Å². The summed E-state index contributed by atoms with van der Waals surface area (Å²) in [6.45, 7) is 6.07. The molecule has 172 valence electrons. The van der Waals surface area contributed by atoms with Crippen LogP contribution in [0.3, 0.4) is 0 Å². The number of carbonyl (C=O) groups excluding carboxylic acids is 2. The smallest absolute Gasteiger partial charge is 0.242 e. The number of halogens is 2. The molecular weight excluding hydrogens is 475 g/mol. The van der Waals surface area contributed by atoms with E-state index in [4.69, 9.17) is 23.2 Å². The van der Waals surface area contributed by atoms with Crippen molar-refractivity contribution in [3.05, 3.63) is 88.4 Å². The van der Waals surface area contributed by atoms with Crippen LogP contribution in [-0.2, 0) is 9.59 Å². The first kappa shape index (κ1) is 25.2. The van der Waals surface area contributed by atoms with Gasteiger partial charge in [-0.1, -0.05) is 86.4 Å². The zero-order valence-corrected chi connectivity index (χ0v) is 21.0. The highest BCUT2D eigenvalue weighted by atomic mass is 35.5. The van der Waals surface area contributed by atoms with Crippen molar-refractivity contribution < 1.29 is 9.59 Å². The van der Waals surface area contributed by atoms with Crippen molar-refractivity contribution in [2.75, 3.05) is 10.6 Å². The molecule has 1 atom stereocenters. The summed E-state index contributed by atoms with van der Waals surface area (Å²) in [4.78, 5) is 26.5. The summed E-state index contributed by atoms with van der Waals surface area (Å²) in [5.74, 6) is -0.268. The Bertz CT molecular complexity index is 1130. The lowest BCUT2D eigenvalue weighted by atomic mass is 9.92. The van der Waals surface area contributed by atoms with E-state index in [0.29, 0.717) is 27.8 Å². The molecule has 2 N–H and O–H groups in total. The Hall–Kier alpha value is -2.47. The van der Waals surface area contributed by atoms with E-state index in [1.165, 1.54) is 11.8 Å². The third kappa shape index (κ3) is 7.53. The Morgan fingerprint density at radius 1 is 0.909 bits per heavy atom. The third-order valence-electron chi connectivity index (χ3n) is 4.61. The summed E-state index contributed by atoms with van der Waals surface area (Å²) in [6.07, 6.45) is 0.416. The highest BCUT2D eigenvalue weighted by molar-refractivity contribution is 8.00. The van der Waals surface area contributed by atoms with Crippen LogP contribution in [0.25, 0.3) is 0 Å². The molecule has 3 aromatic carbocycles. The molecule has 2 amide bonds. The molecule has 0 aliphatic heterocycles. The average molecular weight is 501 g/mol. The highest BCUT2D eigenvalue weighted by Gasteiger charge is 2.23. The molecule has 33 heavy (non-hydrogen) atoms. The van der Waals surface area contributed by atoms with Crippen LogP contribution in [0.15, 0.2) is 77.7 Å². The van der Waals surface area contributed by atoms with Crippen molar-refractivity contribution in [3.8, 4) is 0 Å². The average Bonchev–Trinajstić information content (AvgIpc) is 2.74. The molecule has 0 bridgehead atoms. The summed E-state index contributed by atoms with van der Waals surface area (Å²) < 4.78 is 0. The lowest BCUT2D eigenvalue weighted by Crippen LogP contribution is -2.20. The normalized spacial score (nSPS) is 12.2. The Morgan fingerprint density at radius 2 is 1.61 bits per heavy atom. The minimum absolute atomic E-state index is 0.0439. The second-order valence-electron chi connectivity index (χ2n) is 8.81. The molecule has 3 rings (SSSR count). The van der Waals surface area contributed by atoms with Crippen LogP contribution in [0.5, 0.6) is 0 Å². The standard InChI is InChI=1S/C26H26Cl2N2O2S/c1-26(2,3)16-22(31)29-18-11-7-12-19(15-18)33-24(17-9-5-4-6-10-17)25(32)30-21-14-8-13-20(27)23(21)28/h4-15,24H,16H2,1-3H3,(H,29,31)(H,30,32). The van der Waals surface area contributed by atoms with Crippen LogP contribution in [-0.4, -0.2) is 11.8 Å². The maximum Gasteiger partial charge on any atom is 0.242 e. The molecule has 7 heteroatoms. The van der Waals surface area contributed by atoms with E-state index in [1.807, 2.05) is 75.4 Å². The van der Waals surface area contributed by atoms with Gasteiger partial charge in [0.15, 0.2) is 0 Å². The van der Waals surface area contributed by atoms with Gasteiger partial charge in [0, 0.05) is 17.0 Å². The second kappa shape index (κ2) is 11.1. The fourth-order valence-corrected chi connectivity index (χ4v) is 4.60. The fourth-order valence-electron chi connectivity index (χ4n) is 3.17. The first-order valence-corrected chi connectivity index (χ1v) is 12.1. The second-order valence-corrected chi connectivity index (χ2v) is 10.8. The first-order valence-electron chi connectivity index (χ1n) is 10.5. The molecule has 0 spiro atoms. The van der Waals surface area contributed by atoms with Crippen molar-refractivity contribution in [3.63, 3.8) is 0 Å². The van der Waals surface area contributed by atoms with Crippen LogP contribution < -0.4 is 10.6 Å². The number of carbonyl (C=O) groups is 2. The number of benzene rings is 3. The summed E-state index contributed by atoms with van der Waals surface area (Å²) in [6, 6.07) is 22.1. The minimum Gasteiger partial charge on any atom is -0.326 e. The van der Waals surface area contributed by atoms with Crippen LogP contribution in [0.2, 0.25) is 10.0 Å². The molecule has 0 fully saturated rings. The number of hydrogen-bond donors (Lipinski definition) is 2. The van der Waals surface area contributed by atoms with Gasteiger partial charge in [0.2, 0.25) is 11.8 Å². The molecule has 0 heterocycles. The molecule has 0 saturated carbocycles. The van der Waals surface area contributed by atoms with Gasteiger partial charge in [-0.15, -0.1) is 11.8 Å². The van der Waals surface area contributed by atoms with Gasteiger partial charge in [0.05, 0.1) is 15.7 Å². The van der Waals surface area contributed by atoms with E-state index >= 15 is 0 Å². The van der Waals surface area contributed by atoms with Crippen molar-refractivity contribution in [2.45, 2.75) is 37.3 Å². The summed E-state index contributed by atoms with van der Waals surface area (Å²) in [5, 5.41) is 5.98. The zero-order valence-electron chi connectivity index (χ0n) is 18.7. The van der Waals surface area contributed by atoms with Gasteiger partial charge < -0.3 is 10.6 Å². The number of anilines is 2.